The third-order valence-corrected chi connectivity index (χ3v) is 7.47. The molecule has 0 aromatic carbocycles. The van der Waals surface area contributed by atoms with Crippen molar-refractivity contribution in [3.63, 3.8) is 0 Å². The van der Waals surface area contributed by atoms with E-state index < -0.39 is 35.6 Å². The first-order valence-electron chi connectivity index (χ1n) is 14.4. The molecular weight excluding hydrogens is 590 g/mol. The fourth-order valence-corrected chi connectivity index (χ4v) is 5.18. The maximum atomic E-state index is 14.7. The van der Waals surface area contributed by atoms with Gasteiger partial charge in [-0.05, 0) is 55.4 Å². The SMILES string of the molecule is CC(C)C(NC(=O)OCc1ccnc(C(=O)N[C@@H]2CCC[C@H](Nc3nc(-c4c[nH]c5ncc(F)cc45)ncc3F)C2)c1)C(=O)O. The fourth-order valence-electron chi connectivity index (χ4n) is 5.18. The van der Waals surface area contributed by atoms with E-state index in [4.69, 9.17) is 4.74 Å². The zero-order chi connectivity index (χ0) is 32.1. The van der Waals surface area contributed by atoms with Gasteiger partial charge in [0.25, 0.3) is 5.91 Å². The van der Waals surface area contributed by atoms with Gasteiger partial charge in [0.1, 0.15) is 29.8 Å². The summed E-state index contributed by atoms with van der Waals surface area (Å²) < 4.78 is 33.7. The van der Waals surface area contributed by atoms with Crippen LogP contribution in [0.5, 0.6) is 0 Å². The highest BCUT2D eigenvalue weighted by atomic mass is 19.1. The van der Waals surface area contributed by atoms with Gasteiger partial charge < -0.3 is 30.8 Å². The third kappa shape index (κ3) is 7.66. The molecule has 15 heteroatoms. The Labute approximate surface area is 256 Å². The molecule has 1 fully saturated rings. The van der Waals surface area contributed by atoms with Crippen LogP contribution in [0.4, 0.5) is 19.4 Å². The number of amides is 2. The van der Waals surface area contributed by atoms with Crippen LogP contribution in [0.2, 0.25) is 0 Å². The summed E-state index contributed by atoms with van der Waals surface area (Å²) in [4.78, 5) is 55.9. The summed E-state index contributed by atoms with van der Waals surface area (Å²) >= 11 is 0. The number of hydrogen-bond donors (Lipinski definition) is 5. The molecule has 1 unspecified atom stereocenters. The van der Waals surface area contributed by atoms with E-state index >= 15 is 0 Å². The average molecular weight is 623 g/mol. The first kappa shape index (κ1) is 31.2. The van der Waals surface area contributed by atoms with Gasteiger partial charge in [-0.2, -0.15) is 0 Å². The summed E-state index contributed by atoms with van der Waals surface area (Å²) in [5.41, 5.74) is 1.55. The molecule has 5 rings (SSSR count). The van der Waals surface area contributed by atoms with E-state index in [-0.39, 0.29) is 41.9 Å². The van der Waals surface area contributed by atoms with Crippen LogP contribution in [0, 0.1) is 17.6 Å². The Balaban J connectivity index is 1.18. The first-order valence-corrected chi connectivity index (χ1v) is 14.4. The quantitative estimate of drug-likeness (QED) is 0.172. The molecule has 4 aromatic rings. The van der Waals surface area contributed by atoms with Crippen LogP contribution in [0.1, 0.15) is 55.6 Å². The van der Waals surface area contributed by atoms with Crippen LogP contribution in [0.25, 0.3) is 22.4 Å². The number of ether oxygens (including phenoxy) is 1. The molecule has 1 aliphatic carbocycles. The zero-order valence-electron chi connectivity index (χ0n) is 24.5. The molecule has 4 heterocycles. The number of anilines is 1. The average Bonchev–Trinajstić information content (AvgIpc) is 3.43. The number of alkyl carbamates (subject to hydrolysis) is 1. The number of H-pyrrole nitrogens is 1. The van der Waals surface area contributed by atoms with Gasteiger partial charge in [-0.1, -0.05) is 13.8 Å². The van der Waals surface area contributed by atoms with Crippen LogP contribution in [-0.2, 0) is 16.1 Å². The van der Waals surface area contributed by atoms with Crippen molar-refractivity contribution >= 4 is 34.8 Å². The van der Waals surface area contributed by atoms with E-state index in [1.54, 1.807) is 26.1 Å². The molecule has 45 heavy (non-hydrogen) atoms. The van der Waals surface area contributed by atoms with E-state index in [0.29, 0.717) is 35.0 Å². The van der Waals surface area contributed by atoms with Crippen molar-refractivity contribution in [2.75, 3.05) is 5.32 Å². The Hall–Kier alpha value is -5.21. The van der Waals surface area contributed by atoms with Crippen molar-refractivity contribution in [3.05, 3.63) is 65.9 Å². The number of halogens is 2. The molecule has 1 aliphatic rings. The molecule has 0 aliphatic heterocycles. The molecule has 3 atom stereocenters. The Morgan fingerprint density at radius 2 is 1.91 bits per heavy atom. The van der Waals surface area contributed by atoms with E-state index in [2.05, 4.69) is 40.9 Å². The van der Waals surface area contributed by atoms with E-state index in [1.165, 1.54) is 18.3 Å². The van der Waals surface area contributed by atoms with Gasteiger partial charge in [0.2, 0.25) is 0 Å². The summed E-state index contributed by atoms with van der Waals surface area (Å²) in [5, 5.41) is 18.1. The third-order valence-electron chi connectivity index (χ3n) is 7.47. The Morgan fingerprint density at radius 1 is 1.11 bits per heavy atom. The van der Waals surface area contributed by atoms with Gasteiger partial charge >= 0.3 is 12.1 Å². The number of nitrogens with zero attached hydrogens (tertiary/aromatic N) is 4. The molecule has 236 valence electrons. The number of carboxylic acid groups (broad SMARTS) is 1. The van der Waals surface area contributed by atoms with Crippen molar-refractivity contribution in [1.82, 2.24) is 35.6 Å². The predicted molar refractivity (Wildman–Crippen MR) is 158 cm³/mol. The first-order chi connectivity index (χ1) is 21.6. The van der Waals surface area contributed by atoms with Gasteiger partial charge in [0.05, 0.1) is 12.4 Å². The highest BCUT2D eigenvalue weighted by Crippen LogP contribution is 2.28. The Morgan fingerprint density at radius 3 is 2.69 bits per heavy atom. The fraction of sp³-hybridized carbons (Fsp3) is 0.367. The normalized spacial score (nSPS) is 17.1. The Bertz CT molecular complexity index is 1710. The molecule has 0 bridgehead atoms. The molecule has 2 amide bonds. The minimum Gasteiger partial charge on any atom is -0.480 e. The lowest BCUT2D eigenvalue weighted by atomic mass is 9.91. The number of carbonyl (C=O) groups excluding carboxylic acids is 2. The zero-order valence-corrected chi connectivity index (χ0v) is 24.5. The van der Waals surface area contributed by atoms with Crippen LogP contribution >= 0.6 is 0 Å². The molecule has 4 aromatic heterocycles. The topological polar surface area (TPSA) is 184 Å². The minimum atomic E-state index is -1.17. The molecule has 0 radical (unpaired) electrons. The number of aromatic amines is 1. The number of nitrogens with one attached hydrogen (secondary N) is 4. The minimum absolute atomic E-state index is 0.00263. The molecule has 5 N–H and O–H groups in total. The van der Waals surface area contributed by atoms with Gasteiger partial charge in [0, 0.05) is 35.4 Å². The van der Waals surface area contributed by atoms with Crippen molar-refractivity contribution < 1.29 is 33.0 Å². The van der Waals surface area contributed by atoms with Crippen LogP contribution in [0.3, 0.4) is 0 Å². The maximum absolute atomic E-state index is 14.7. The van der Waals surface area contributed by atoms with Crippen LogP contribution in [0.15, 0.2) is 43.0 Å². The van der Waals surface area contributed by atoms with Crippen molar-refractivity contribution in [2.45, 2.75) is 64.3 Å². The number of aromatic nitrogens is 5. The number of hydrogen-bond acceptors (Lipinski definition) is 9. The number of pyridine rings is 2. The second kappa shape index (κ2) is 13.6. The van der Waals surface area contributed by atoms with Crippen molar-refractivity contribution in [3.8, 4) is 11.4 Å². The lowest BCUT2D eigenvalue weighted by Crippen LogP contribution is -2.44. The van der Waals surface area contributed by atoms with Crippen LogP contribution < -0.4 is 16.0 Å². The molecule has 1 saturated carbocycles. The van der Waals surface area contributed by atoms with E-state index in [0.717, 1.165) is 25.2 Å². The van der Waals surface area contributed by atoms with Gasteiger partial charge in [-0.15, -0.1) is 0 Å². The summed E-state index contributed by atoms with van der Waals surface area (Å²) in [6.45, 7) is 3.14. The largest absolute Gasteiger partial charge is 0.480 e. The summed E-state index contributed by atoms with van der Waals surface area (Å²) in [6.07, 6.45) is 6.95. The number of aliphatic carboxylic acids is 1. The predicted octanol–water partition coefficient (Wildman–Crippen LogP) is 4.18. The van der Waals surface area contributed by atoms with Crippen molar-refractivity contribution in [2.24, 2.45) is 5.92 Å². The smallest absolute Gasteiger partial charge is 0.408 e. The van der Waals surface area contributed by atoms with Crippen molar-refractivity contribution in [1.29, 1.82) is 0 Å². The monoisotopic (exact) mass is 622 g/mol. The number of carboxylic acids is 1. The summed E-state index contributed by atoms with van der Waals surface area (Å²) in [7, 11) is 0. The Kier molecular flexibility index (Phi) is 9.45. The standard InChI is InChI=1S/C30H32F2N8O5/c1-15(2)24(29(42)43)39-30(44)45-14-16-6-7-33-23(8-16)28(41)38-19-5-3-4-18(10-19)37-27-22(32)13-36-26(40-27)21-12-35-25-20(21)9-17(31)11-34-25/h6-9,11-13,15,18-19,24H,3-5,10,14H2,1-2H3,(H,34,35)(H,38,41)(H,39,44)(H,42,43)(H,36,37,40)/t18-,19+,24?/m0/s1. The second-order valence-corrected chi connectivity index (χ2v) is 11.2. The lowest BCUT2D eigenvalue weighted by Gasteiger charge is -2.30. The highest BCUT2D eigenvalue weighted by Gasteiger charge is 2.26. The molecular formula is C30H32F2N8O5. The number of carbonyl (C=O) groups is 3. The maximum Gasteiger partial charge on any atom is 0.408 e. The summed E-state index contributed by atoms with van der Waals surface area (Å²) in [6, 6.07) is 2.85. The van der Waals surface area contributed by atoms with Gasteiger partial charge in [0.15, 0.2) is 17.5 Å². The molecule has 13 nitrogen and oxygen atoms in total. The molecule has 0 spiro atoms. The van der Waals surface area contributed by atoms with Gasteiger partial charge in [-0.25, -0.2) is 33.3 Å². The van der Waals surface area contributed by atoms with E-state index in [1.807, 2.05) is 0 Å². The second-order valence-electron chi connectivity index (χ2n) is 11.2. The number of rotatable bonds is 10. The lowest BCUT2D eigenvalue weighted by molar-refractivity contribution is -0.140. The van der Waals surface area contributed by atoms with Gasteiger partial charge in [-0.3, -0.25) is 9.78 Å². The molecule has 0 saturated heterocycles. The number of fused-ring (bicyclic) bond motifs is 1. The van der Waals surface area contributed by atoms with Crippen LogP contribution in [-0.4, -0.2) is 66.1 Å². The highest BCUT2D eigenvalue weighted by molar-refractivity contribution is 5.93. The summed E-state index contributed by atoms with van der Waals surface area (Å²) in [5.74, 6) is -2.90. The van der Waals surface area contributed by atoms with E-state index in [9.17, 15) is 28.3 Å².